The second-order valence-electron chi connectivity index (χ2n) is 4.47. The first kappa shape index (κ1) is 12.8. The number of ether oxygens (including phenoxy) is 1. The third-order valence-electron chi connectivity index (χ3n) is 2.80. The first-order valence-corrected chi connectivity index (χ1v) is 6.84. The summed E-state index contributed by atoms with van der Waals surface area (Å²) in [5.74, 6) is 0.100. The van der Waals surface area contributed by atoms with Crippen molar-refractivity contribution in [2.75, 3.05) is 13.1 Å². The summed E-state index contributed by atoms with van der Waals surface area (Å²) in [4.78, 5) is 14.1. The average Bonchev–Trinajstić information content (AvgIpc) is 2.28. The molecule has 0 aromatic heterocycles. The van der Waals surface area contributed by atoms with Crippen LogP contribution in [0.15, 0.2) is 24.3 Å². The minimum Gasteiger partial charge on any atom is -0.372 e. The molecule has 4 heteroatoms. The highest BCUT2D eigenvalue weighted by Crippen LogP contribution is 2.15. The Morgan fingerprint density at radius 2 is 1.76 bits per heavy atom. The van der Waals surface area contributed by atoms with Gasteiger partial charge < -0.3 is 9.64 Å². The molecule has 1 heterocycles. The van der Waals surface area contributed by atoms with Crippen molar-refractivity contribution in [3.63, 3.8) is 0 Å². The van der Waals surface area contributed by atoms with E-state index in [1.165, 1.54) is 0 Å². The second-order valence-corrected chi connectivity index (χ2v) is 5.72. The van der Waals surface area contributed by atoms with Crippen LogP contribution in [-0.4, -0.2) is 36.1 Å². The quantitative estimate of drug-likeness (QED) is 0.732. The normalized spacial score (nSPS) is 24.8. The average molecular weight is 345 g/mol. The van der Waals surface area contributed by atoms with Gasteiger partial charge in [0.1, 0.15) is 0 Å². The molecule has 0 radical (unpaired) electrons. The van der Waals surface area contributed by atoms with Gasteiger partial charge in [-0.3, -0.25) is 4.79 Å². The van der Waals surface area contributed by atoms with Crippen molar-refractivity contribution in [3.05, 3.63) is 33.4 Å². The Balaban J connectivity index is 2.11. The SMILES string of the molecule is C[C@H]1CN(C(=O)c2ccc(I)cc2)C[C@H](C)O1. The van der Waals surface area contributed by atoms with E-state index < -0.39 is 0 Å². The number of amides is 1. The summed E-state index contributed by atoms with van der Waals surface area (Å²) in [5, 5.41) is 0. The van der Waals surface area contributed by atoms with E-state index in [2.05, 4.69) is 22.6 Å². The predicted octanol–water partition coefficient (Wildman–Crippen LogP) is 2.54. The van der Waals surface area contributed by atoms with Gasteiger partial charge in [-0.1, -0.05) is 0 Å². The monoisotopic (exact) mass is 345 g/mol. The van der Waals surface area contributed by atoms with Crippen molar-refractivity contribution in [2.45, 2.75) is 26.1 Å². The zero-order chi connectivity index (χ0) is 12.4. The van der Waals surface area contributed by atoms with Crippen molar-refractivity contribution in [3.8, 4) is 0 Å². The Morgan fingerprint density at radius 1 is 1.24 bits per heavy atom. The summed E-state index contributed by atoms with van der Waals surface area (Å²) in [7, 11) is 0. The summed E-state index contributed by atoms with van der Waals surface area (Å²) in [6.07, 6.45) is 0.234. The van der Waals surface area contributed by atoms with E-state index in [-0.39, 0.29) is 18.1 Å². The van der Waals surface area contributed by atoms with Crippen LogP contribution in [0.2, 0.25) is 0 Å². The number of benzene rings is 1. The molecule has 1 amide bonds. The summed E-state index contributed by atoms with van der Waals surface area (Å²) in [6.45, 7) is 5.36. The fourth-order valence-corrected chi connectivity index (χ4v) is 2.48. The smallest absolute Gasteiger partial charge is 0.254 e. The zero-order valence-electron chi connectivity index (χ0n) is 10.0. The first-order valence-electron chi connectivity index (χ1n) is 5.76. The highest BCUT2D eigenvalue weighted by Gasteiger charge is 2.26. The molecule has 0 N–H and O–H groups in total. The van der Waals surface area contributed by atoms with Gasteiger partial charge in [0, 0.05) is 22.2 Å². The number of carbonyl (C=O) groups excluding carboxylic acids is 1. The van der Waals surface area contributed by atoms with Gasteiger partial charge >= 0.3 is 0 Å². The van der Waals surface area contributed by atoms with Gasteiger partial charge in [0.05, 0.1) is 12.2 Å². The minimum atomic E-state index is 0.100. The Morgan fingerprint density at radius 3 is 2.29 bits per heavy atom. The van der Waals surface area contributed by atoms with Gasteiger partial charge in [0.15, 0.2) is 0 Å². The molecule has 0 bridgehead atoms. The molecule has 3 nitrogen and oxygen atoms in total. The van der Waals surface area contributed by atoms with Gasteiger partial charge in [-0.2, -0.15) is 0 Å². The standard InChI is InChI=1S/C13H16INO2/c1-9-7-15(8-10(2)17-9)13(16)11-3-5-12(14)6-4-11/h3-6,9-10H,7-8H2,1-2H3/t9-,10-/m0/s1. The van der Waals surface area contributed by atoms with Crippen LogP contribution < -0.4 is 0 Å². The summed E-state index contributed by atoms with van der Waals surface area (Å²) >= 11 is 2.24. The molecular weight excluding hydrogens is 329 g/mol. The van der Waals surface area contributed by atoms with Gasteiger partial charge in [-0.05, 0) is 60.7 Å². The molecule has 1 aromatic carbocycles. The van der Waals surface area contributed by atoms with E-state index in [1.54, 1.807) is 0 Å². The summed E-state index contributed by atoms with van der Waals surface area (Å²) in [6, 6.07) is 7.69. The lowest BCUT2D eigenvalue weighted by atomic mass is 10.1. The van der Waals surface area contributed by atoms with E-state index in [9.17, 15) is 4.79 Å². The van der Waals surface area contributed by atoms with Crippen molar-refractivity contribution in [2.24, 2.45) is 0 Å². The van der Waals surface area contributed by atoms with Crippen LogP contribution in [0, 0.1) is 3.57 Å². The van der Waals surface area contributed by atoms with E-state index in [4.69, 9.17) is 4.74 Å². The van der Waals surface area contributed by atoms with Crippen molar-refractivity contribution in [1.82, 2.24) is 4.90 Å². The molecule has 0 unspecified atom stereocenters. The van der Waals surface area contributed by atoms with Gasteiger partial charge in [-0.15, -0.1) is 0 Å². The first-order chi connectivity index (χ1) is 8.06. The molecule has 0 spiro atoms. The number of hydrogen-bond donors (Lipinski definition) is 0. The number of hydrogen-bond acceptors (Lipinski definition) is 2. The molecule has 2 atom stereocenters. The molecule has 0 saturated carbocycles. The molecule has 17 heavy (non-hydrogen) atoms. The van der Waals surface area contributed by atoms with Crippen LogP contribution in [0.5, 0.6) is 0 Å². The Labute approximate surface area is 115 Å². The highest BCUT2D eigenvalue weighted by molar-refractivity contribution is 14.1. The maximum Gasteiger partial charge on any atom is 0.254 e. The Hall–Kier alpha value is -0.620. The maximum absolute atomic E-state index is 12.3. The van der Waals surface area contributed by atoms with Crippen LogP contribution in [-0.2, 0) is 4.74 Å². The largest absolute Gasteiger partial charge is 0.372 e. The zero-order valence-corrected chi connectivity index (χ0v) is 12.2. The molecule has 1 aliphatic heterocycles. The number of carbonyl (C=O) groups is 1. The third kappa shape index (κ3) is 3.19. The lowest BCUT2D eigenvalue weighted by molar-refractivity contribution is -0.0586. The van der Waals surface area contributed by atoms with Crippen LogP contribution >= 0.6 is 22.6 Å². The summed E-state index contributed by atoms with van der Waals surface area (Å²) < 4.78 is 6.77. The number of rotatable bonds is 1. The van der Waals surface area contributed by atoms with Gasteiger partial charge in [0.2, 0.25) is 0 Å². The van der Waals surface area contributed by atoms with Crippen molar-refractivity contribution < 1.29 is 9.53 Å². The fourth-order valence-electron chi connectivity index (χ4n) is 2.12. The lowest BCUT2D eigenvalue weighted by Gasteiger charge is -2.35. The van der Waals surface area contributed by atoms with Crippen LogP contribution in [0.1, 0.15) is 24.2 Å². The van der Waals surface area contributed by atoms with E-state index in [0.29, 0.717) is 13.1 Å². The van der Waals surface area contributed by atoms with E-state index in [1.807, 2.05) is 43.0 Å². The molecule has 1 saturated heterocycles. The molecular formula is C13H16INO2. The van der Waals surface area contributed by atoms with Gasteiger partial charge in [0.25, 0.3) is 5.91 Å². The topological polar surface area (TPSA) is 29.5 Å². The highest BCUT2D eigenvalue weighted by atomic mass is 127. The van der Waals surface area contributed by atoms with E-state index >= 15 is 0 Å². The number of halogens is 1. The fraction of sp³-hybridized carbons (Fsp3) is 0.462. The minimum absolute atomic E-state index is 0.100. The van der Waals surface area contributed by atoms with E-state index in [0.717, 1.165) is 9.13 Å². The number of morpholine rings is 1. The maximum atomic E-state index is 12.3. The Kier molecular flexibility index (Phi) is 4.04. The van der Waals surface area contributed by atoms with Crippen LogP contribution in [0.4, 0.5) is 0 Å². The van der Waals surface area contributed by atoms with Crippen molar-refractivity contribution in [1.29, 1.82) is 0 Å². The van der Waals surface area contributed by atoms with Crippen LogP contribution in [0.25, 0.3) is 0 Å². The Bertz CT molecular complexity index is 394. The molecule has 1 fully saturated rings. The molecule has 0 aliphatic carbocycles. The third-order valence-corrected chi connectivity index (χ3v) is 3.52. The lowest BCUT2D eigenvalue weighted by Crippen LogP contribution is -2.48. The molecule has 92 valence electrons. The van der Waals surface area contributed by atoms with Gasteiger partial charge in [-0.25, -0.2) is 0 Å². The molecule has 2 rings (SSSR count). The molecule has 1 aromatic rings. The molecule has 1 aliphatic rings. The summed E-state index contributed by atoms with van der Waals surface area (Å²) in [5.41, 5.74) is 0.756. The second kappa shape index (κ2) is 5.35. The predicted molar refractivity (Wildman–Crippen MR) is 75.1 cm³/mol. The van der Waals surface area contributed by atoms with Crippen LogP contribution in [0.3, 0.4) is 0 Å². The van der Waals surface area contributed by atoms with Crippen molar-refractivity contribution >= 4 is 28.5 Å². The number of nitrogens with zero attached hydrogens (tertiary/aromatic N) is 1.